The number of carbonyl (C=O) groups is 1. The van der Waals surface area contributed by atoms with Gasteiger partial charge < -0.3 is 10.2 Å². The Kier molecular flexibility index (Phi) is 6.24. The van der Waals surface area contributed by atoms with Gasteiger partial charge in [0.1, 0.15) is 0 Å². The summed E-state index contributed by atoms with van der Waals surface area (Å²) in [5, 5.41) is 16.4. The first-order chi connectivity index (χ1) is 12.7. The summed E-state index contributed by atoms with van der Waals surface area (Å²) in [5.41, 5.74) is 1.98. The van der Waals surface area contributed by atoms with E-state index in [-0.39, 0.29) is 5.91 Å². The van der Waals surface area contributed by atoms with Crippen molar-refractivity contribution in [1.82, 2.24) is 24.9 Å². The van der Waals surface area contributed by atoms with Crippen molar-refractivity contribution >= 4 is 34.1 Å². The highest BCUT2D eigenvalue weighted by atomic mass is 32.2. The molecule has 2 aromatic heterocycles. The average Bonchev–Trinajstić information content (AvgIpc) is 3.30. The van der Waals surface area contributed by atoms with Crippen molar-refractivity contribution in [2.45, 2.75) is 17.8 Å². The van der Waals surface area contributed by atoms with E-state index in [0.29, 0.717) is 12.3 Å². The van der Waals surface area contributed by atoms with Crippen LogP contribution in [0, 0.1) is 0 Å². The first kappa shape index (κ1) is 18.4. The Morgan fingerprint density at radius 2 is 2.12 bits per heavy atom. The van der Waals surface area contributed by atoms with Gasteiger partial charge in [-0.05, 0) is 19.1 Å². The zero-order valence-corrected chi connectivity index (χ0v) is 16.3. The van der Waals surface area contributed by atoms with Crippen molar-refractivity contribution in [3.63, 3.8) is 0 Å². The number of rotatable bonds is 8. The second-order valence-electron chi connectivity index (χ2n) is 5.57. The SMILES string of the molecule is CCNc1nnc(SCC(=O)N(C)Cc2cnn(-c3ccccc3)c2)s1. The molecule has 0 unspecified atom stereocenters. The lowest BCUT2D eigenvalue weighted by Crippen LogP contribution is -2.27. The van der Waals surface area contributed by atoms with E-state index in [2.05, 4.69) is 20.6 Å². The third kappa shape index (κ3) is 4.83. The molecule has 0 bridgehead atoms. The van der Waals surface area contributed by atoms with Gasteiger partial charge in [0.05, 0.1) is 17.6 Å². The summed E-state index contributed by atoms with van der Waals surface area (Å²) in [7, 11) is 1.80. The monoisotopic (exact) mass is 388 g/mol. The van der Waals surface area contributed by atoms with Crippen molar-refractivity contribution in [3.05, 3.63) is 48.3 Å². The van der Waals surface area contributed by atoms with Gasteiger partial charge >= 0.3 is 0 Å². The molecule has 1 amide bonds. The topological polar surface area (TPSA) is 75.9 Å². The van der Waals surface area contributed by atoms with Gasteiger partial charge in [-0.3, -0.25) is 4.79 Å². The van der Waals surface area contributed by atoms with Gasteiger partial charge in [-0.2, -0.15) is 5.10 Å². The summed E-state index contributed by atoms with van der Waals surface area (Å²) in [6.07, 6.45) is 3.73. The van der Waals surface area contributed by atoms with Crippen molar-refractivity contribution in [1.29, 1.82) is 0 Å². The first-order valence-electron chi connectivity index (χ1n) is 8.19. The minimum Gasteiger partial charge on any atom is -0.360 e. The van der Waals surface area contributed by atoms with Crippen LogP contribution < -0.4 is 5.32 Å². The molecule has 3 rings (SSSR count). The minimum absolute atomic E-state index is 0.0441. The number of amides is 1. The molecule has 1 N–H and O–H groups in total. The molecule has 7 nitrogen and oxygen atoms in total. The van der Waals surface area contributed by atoms with Gasteiger partial charge in [0, 0.05) is 31.9 Å². The molecule has 0 aliphatic heterocycles. The van der Waals surface area contributed by atoms with E-state index >= 15 is 0 Å². The average molecular weight is 389 g/mol. The van der Waals surface area contributed by atoms with E-state index < -0.39 is 0 Å². The van der Waals surface area contributed by atoms with Crippen LogP contribution in [-0.2, 0) is 11.3 Å². The first-order valence-corrected chi connectivity index (χ1v) is 9.99. The van der Waals surface area contributed by atoms with Crippen LogP contribution in [0.15, 0.2) is 47.1 Å². The van der Waals surface area contributed by atoms with E-state index in [4.69, 9.17) is 0 Å². The summed E-state index contributed by atoms with van der Waals surface area (Å²) in [6, 6.07) is 9.90. The van der Waals surface area contributed by atoms with Crippen molar-refractivity contribution in [3.8, 4) is 5.69 Å². The van der Waals surface area contributed by atoms with Crippen LogP contribution in [0.4, 0.5) is 5.13 Å². The number of aromatic nitrogens is 4. The maximum atomic E-state index is 12.3. The van der Waals surface area contributed by atoms with E-state index in [9.17, 15) is 4.79 Å². The van der Waals surface area contributed by atoms with Crippen LogP contribution in [0.1, 0.15) is 12.5 Å². The van der Waals surface area contributed by atoms with Crippen LogP contribution in [0.3, 0.4) is 0 Å². The fourth-order valence-electron chi connectivity index (χ4n) is 2.25. The van der Waals surface area contributed by atoms with Crippen LogP contribution in [0.5, 0.6) is 0 Å². The van der Waals surface area contributed by atoms with Gasteiger partial charge in [-0.25, -0.2) is 4.68 Å². The molecule has 0 radical (unpaired) electrons. The number of hydrogen-bond acceptors (Lipinski definition) is 7. The summed E-state index contributed by atoms with van der Waals surface area (Å²) in [4.78, 5) is 14.0. The molecule has 0 atom stereocenters. The number of carbonyl (C=O) groups excluding carboxylic acids is 1. The Morgan fingerprint density at radius 3 is 2.88 bits per heavy atom. The Balaban J connectivity index is 1.51. The highest BCUT2D eigenvalue weighted by Crippen LogP contribution is 2.25. The molecular weight excluding hydrogens is 368 g/mol. The molecule has 3 aromatic rings. The predicted octanol–water partition coefficient (Wildman–Crippen LogP) is 2.91. The summed E-state index contributed by atoms with van der Waals surface area (Å²) in [6.45, 7) is 3.33. The lowest BCUT2D eigenvalue weighted by Gasteiger charge is -2.15. The Morgan fingerprint density at radius 1 is 1.31 bits per heavy atom. The summed E-state index contributed by atoms with van der Waals surface area (Å²) in [5.74, 6) is 0.382. The summed E-state index contributed by atoms with van der Waals surface area (Å²) >= 11 is 2.87. The highest BCUT2D eigenvalue weighted by Gasteiger charge is 2.13. The summed E-state index contributed by atoms with van der Waals surface area (Å²) < 4.78 is 2.60. The fourth-order valence-corrected chi connectivity index (χ4v) is 4.01. The molecule has 9 heteroatoms. The Hall–Kier alpha value is -2.39. The van der Waals surface area contributed by atoms with Crippen LogP contribution >= 0.6 is 23.1 Å². The number of nitrogens with zero attached hydrogens (tertiary/aromatic N) is 5. The highest BCUT2D eigenvalue weighted by molar-refractivity contribution is 8.01. The van der Waals surface area contributed by atoms with Gasteiger partial charge in [0.2, 0.25) is 11.0 Å². The fraction of sp³-hybridized carbons (Fsp3) is 0.294. The standard InChI is InChI=1S/C17H20N6OS2/c1-3-18-16-20-21-17(26-16)25-12-15(24)22(2)10-13-9-19-23(11-13)14-7-5-4-6-8-14/h4-9,11H,3,10,12H2,1-2H3,(H,18,20). The smallest absolute Gasteiger partial charge is 0.233 e. The molecule has 0 aliphatic carbocycles. The van der Waals surface area contributed by atoms with Gasteiger partial charge in [0.15, 0.2) is 4.34 Å². The van der Waals surface area contributed by atoms with E-state index in [0.717, 1.165) is 27.3 Å². The minimum atomic E-state index is 0.0441. The molecule has 2 heterocycles. The van der Waals surface area contributed by atoms with Crippen LogP contribution in [0.2, 0.25) is 0 Å². The lowest BCUT2D eigenvalue weighted by atomic mass is 10.3. The van der Waals surface area contributed by atoms with Crippen molar-refractivity contribution < 1.29 is 4.79 Å². The van der Waals surface area contributed by atoms with E-state index in [1.54, 1.807) is 18.1 Å². The quantitative estimate of drug-likeness (QED) is 0.598. The predicted molar refractivity (Wildman–Crippen MR) is 105 cm³/mol. The van der Waals surface area contributed by atoms with Crippen LogP contribution in [0.25, 0.3) is 5.69 Å². The third-order valence-corrected chi connectivity index (χ3v) is 5.55. The van der Waals surface area contributed by atoms with Crippen LogP contribution in [-0.4, -0.2) is 50.1 Å². The number of anilines is 1. The molecule has 0 saturated heterocycles. The number of para-hydroxylation sites is 1. The Labute approximate surface area is 160 Å². The maximum Gasteiger partial charge on any atom is 0.233 e. The molecule has 1 aromatic carbocycles. The van der Waals surface area contributed by atoms with Crippen molar-refractivity contribution in [2.24, 2.45) is 0 Å². The number of hydrogen-bond donors (Lipinski definition) is 1. The molecule has 26 heavy (non-hydrogen) atoms. The molecule has 0 fully saturated rings. The number of nitrogens with one attached hydrogen (secondary N) is 1. The van der Waals surface area contributed by atoms with Gasteiger partial charge in [-0.1, -0.05) is 41.3 Å². The van der Waals surface area contributed by atoms with Gasteiger partial charge in [0.25, 0.3) is 0 Å². The number of thioether (sulfide) groups is 1. The van der Waals surface area contributed by atoms with Crippen molar-refractivity contribution in [2.75, 3.05) is 24.7 Å². The normalized spacial score (nSPS) is 10.7. The molecule has 0 saturated carbocycles. The molecule has 0 spiro atoms. The molecule has 0 aliphatic rings. The second-order valence-corrected chi connectivity index (χ2v) is 7.77. The molecular formula is C17H20N6OS2. The third-order valence-electron chi connectivity index (χ3n) is 3.56. The van der Waals surface area contributed by atoms with E-state index in [1.165, 1.54) is 23.1 Å². The van der Waals surface area contributed by atoms with Gasteiger partial charge in [-0.15, -0.1) is 10.2 Å². The second kappa shape index (κ2) is 8.81. The van der Waals surface area contributed by atoms with E-state index in [1.807, 2.05) is 48.1 Å². The Bertz CT molecular complexity index is 848. The zero-order valence-electron chi connectivity index (χ0n) is 14.6. The largest absolute Gasteiger partial charge is 0.360 e. The number of benzene rings is 1. The molecule has 136 valence electrons. The zero-order chi connectivity index (χ0) is 18.4. The lowest BCUT2D eigenvalue weighted by molar-refractivity contribution is -0.127. The maximum absolute atomic E-state index is 12.3.